The fourth-order valence-corrected chi connectivity index (χ4v) is 1.95. The van der Waals surface area contributed by atoms with E-state index in [9.17, 15) is 0 Å². The van der Waals surface area contributed by atoms with Crippen LogP contribution in [0.5, 0.6) is 0 Å². The van der Waals surface area contributed by atoms with Crippen LogP contribution in [-0.2, 0) is 5.54 Å². The number of aromatic nitrogens is 1. The molecule has 1 aliphatic rings. The maximum atomic E-state index is 7.22. The Hall–Kier alpha value is -1.88. The molecule has 0 atom stereocenters. The lowest BCUT2D eigenvalue weighted by Crippen LogP contribution is -1.98. The summed E-state index contributed by atoms with van der Waals surface area (Å²) in [6.45, 7) is 7.22. The molecule has 1 aliphatic carbocycles. The van der Waals surface area contributed by atoms with E-state index in [1.54, 1.807) is 6.20 Å². The average molecular weight is 194 g/mol. The van der Waals surface area contributed by atoms with Gasteiger partial charge >= 0.3 is 0 Å². The lowest BCUT2D eigenvalue weighted by Gasteiger charge is -2.03. The Bertz CT molecular complexity index is 562. The molecule has 1 saturated carbocycles. The number of rotatable bonds is 1. The number of benzene rings is 1. The summed E-state index contributed by atoms with van der Waals surface area (Å²) in [6, 6.07) is 10.1. The molecule has 0 radical (unpaired) electrons. The van der Waals surface area contributed by atoms with E-state index in [0.717, 1.165) is 29.3 Å². The van der Waals surface area contributed by atoms with E-state index in [-0.39, 0.29) is 5.54 Å². The van der Waals surface area contributed by atoms with Crippen molar-refractivity contribution >= 4 is 10.9 Å². The van der Waals surface area contributed by atoms with Crippen molar-refractivity contribution in [1.29, 1.82) is 0 Å². The predicted octanol–water partition coefficient (Wildman–Crippen LogP) is 3.14. The van der Waals surface area contributed by atoms with Crippen molar-refractivity contribution in [2.75, 3.05) is 0 Å². The molecular weight excluding hydrogens is 184 g/mol. The summed E-state index contributed by atoms with van der Waals surface area (Å²) >= 11 is 0. The molecular formula is C13H10N2. The van der Waals surface area contributed by atoms with Crippen LogP contribution in [0.1, 0.15) is 18.4 Å². The second-order valence-electron chi connectivity index (χ2n) is 4.05. The fourth-order valence-electron chi connectivity index (χ4n) is 1.95. The highest BCUT2D eigenvalue weighted by atomic mass is 14.9. The highest BCUT2D eigenvalue weighted by Crippen LogP contribution is 2.49. The van der Waals surface area contributed by atoms with Crippen LogP contribution >= 0.6 is 0 Å². The summed E-state index contributed by atoms with van der Waals surface area (Å²) in [6.07, 6.45) is 3.80. The molecule has 0 amide bonds. The van der Waals surface area contributed by atoms with Crippen molar-refractivity contribution in [3.63, 3.8) is 0 Å². The van der Waals surface area contributed by atoms with Gasteiger partial charge in [0.05, 0.1) is 5.52 Å². The minimum Gasteiger partial charge on any atom is -0.305 e. The molecule has 1 aromatic carbocycles. The van der Waals surface area contributed by atoms with Gasteiger partial charge in [0.15, 0.2) is 0 Å². The zero-order valence-corrected chi connectivity index (χ0v) is 8.27. The third kappa shape index (κ3) is 1.20. The Labute approximate surface area is 88.4 Å². The lowest BCUT2D eigenvalue weighted by molar-refractivity contribution is 0.887. The van der Waals surface area contributed by atoms with Gasteiger partial charge in [-0.1, -0.05) is 6.07 Å². The maximum Gasteiger partial charge on any atom is 0.258 e. The molecule has 0 saturated heterocycles. The Kier molecular flexibility index (Phi) is 1.58. The molecule has 2 nitrogen and oxygen atoms in total. The Morgan fingerprint density at radius 2 is 2.13 bits per heavy atom. The van der Waals surface area contributed by atoms with Gasteiger partial charge in [-0.2, -0.15) is 0 Å². The monoisotopic (exact) mass is 194 g/mol. The van der Waals surface area contributed by atoms with Crippen molar-refractivity contribution in [2.45, 2.75) is 18.4 Å². The zero-order chi connectivity index (χ0) is 10.3. The summed E-state index contributed by atoms with van der Waals surface area (Å²) in [4.78, 5) is 8.01. The first-order valence-corrected chi connectivity index (χ1v) is 5.08. The second-order valence-corrected chi connectivity index (χ2v) is 4.05. The highest BCUT2D eigenvalue weighted by Gasteiger charge is 2.52. The standard InChI is InChI=1S/C13H10N2/c1-14-13(6-7-13)11-4-5-12-10(9-11)3-2-8-15-12/h2-5,8-9H,6-7H2. The highest BCUT2D eigenvalue weighted by molar-refractivity contribution is 5.79. The van der Waals surface area contributed by atoms with E-state index < -0.39 is 0 Å². The Balaban J connectivity index is 2.19. The van der Waals surface area contributed by atoms with E-state index in [0.29, 0.717) is 0 Å². The number of hydrogen-bond donors (Lipinski definition) is 0. The van der Waals surface area contributed by atoms with Gasteiger partial charge in [0.1, 0.15) is 0 Å². The van der Waals surface area contributed by atoms with Crippen LogP contribution in [0.2, 0.25) is 0 Å². The number of pyridine rings is 1. The van der Waals surface area contributed by atoms with Crippen molar-refractivity contribution in [3.8, 4) is 0 Å². The summed E-state index contributed by atoms with van der Waals surface area (Å²) in [5.41, 5.74) is 1.95. The van der Waals surface area contributed by atoms with Crippen LogP contribution in [0.4, 0.5) is 0 Å². The first-order chi connectivity index (χ1) is 7.34. The molecule has 0 N–H and O–H groups in total. The molecule has 2 aromatic rings. The zero-order valence-electron chi connectivity index (χ0n) is 8.27. The third-order valence-electron chi connectivity index (χ3n) is 3.08. The SMILES string of the molecule is [C-]#[N+]C1(c2ccc3ncccc3c2)CC1. The molecule has 72 valence electrons. The Morgan fingerprint density at radius 1 is 1.27 bits per heavy atom. The summed E-state index contributed by atoms with van der Waals surface area (Å²) in [5, 5.41) is 1.13. The summed E-state index contributed by atoms with van der Waals surface area (Å²) in [5.74, 6) is 0. The quantitative estimate of drug-likeness (QED) is 0.637. The van der Waals surface area contributed by atoms with Crippen LogP contribution in [0, 0.1) is 6.57 Å². The van der Waals surface area contributed by atoms with Crippen LogP contribution < -0.4 is 0 Å². The minimum atomic E-state index is -0.204. The van der Waals surface area contributed by atoms with Gasteiger partial charge in [0.2, 0.25) is 0 Å². The smallest absolute Gasteiger partial charge is 0.258 e. The number of fused-ring (bicyclic) bond motifs is 1. The summed E-state index contributed by atoms with van der Waals surface area (Å²) in [7, 11) is 0. The van der Waals surface area contributed by atoms with Crippen molar-refractivity contribution in [2.24, 2.45) is 0 Å². The van der Waals surface area contributed by atoms with E-state index >= 15 is 0 Å². The van der Waals surface area contributed by atoms with Gasteiger partial charge in [-0.15, -0.1) is 0 Å². The second kappa shape index (κ2) is 2.80. The van der Waals surface area contributed by atoms with Crippen LogP contribution in [-0.4, -0.2) is 4.98 Å². The molecule has 1 aromatic heterocycles. The van der Waals surface area contributed by atoms with Gasteiger partial charge in [-0.3, -0.25) is 4.98 Å². The normalized spacial score (nSPS) is 17.3. The molecule has 0 aliphatic heterocycles. The first-order valence-electron chi connectivity index (χ1n) is 5.08. The molecule has 3 rings (SSSR count). The van der Waals surface area contributed by atoms with Crippen LogP contribution in [0.3, 0.4) is 0 Å². The first kappa shape index (κ1) is 8.43. The molecule has 0 bridgehead atoms. The van der Waals surface area contributed by atoms with Crippen molar-refractivity contribution in [3.05, 3.63) is 53.5 Å². The van der Waals surface area contributed by atoms with Crippen LogP contribution in [0.25, 0.3) is 15.7 Å². The van der Waals surface area contributed by atoms with Gasteiger partial charge in [0.25, 0.3) is 5.54 Å². The molecule has 1 heterocycles. The Morgan fingerprint density at radius 3 is 2.87 bits per heavy atom. The van der Waals surface area contributed by atoms with E-state index in [1.165, 1.54) is 0 Å². The van der Waals surface area contributed by atoms with Gasteiger partial charge in [-0.25, -0.2) is 6.57 Å². The van der Waals surface area contributed by atoms with Crippen molar-refractivity contribution < 1.29 is 0 Å². The summed E-state index contributed by atoms with van der Waals surface area (Å²) < 4.78 is 0. The molecule has 15 heavy (non-hydrogen) atoms. The fraction of sp³-hybridized carbons (Fsp3) is 0.231. The van der Waals surface area contributed by atoms with E-state index in [1.807, 2.05) is 24.3 Å². The predicted molar refractivity (Wildman–Crippen MR) is 59.3 cm³/mol. The van der Waals surface area contributed by atoms with Crippen LogP contribution in [0.15, 0.2) is 36.5 Å². The molecule has 0 spiro atoms. The number of hydrogen-bond acceptors (Lipinski definition) is 1. The maximum absolute atomic E-state index is 7.22. The van der Waals surface area contributed by atoms with Gasteiger partial charge < -0.3 is 4.85 Å². The van der Waals surface area contributed by atoms with E-state index in [2.05, 4.69) is 15.9 Å². The minimum absolute atomic E-state index is 0.204. The molecule has 2 heteroatoms. The largest absolute Gasteiger partial charge is 0.305 e. The van der Waals surface area contributed by atoms with E-state index in [4.69, 9.17) is 6.57 Å². The number of nitrogens with zero attached hydrogens (tertiary/aromatic N) is 2. The third-order valence-corrected chi connectivity index (χ3v) is 3.08. The van der Waals surface area contributed by atoms with Gasteiger partial charge in [0, 0.05) is 30.0 Å². The lowest BCUT2D eigenvalue weighted by atomic mass is 10.0. The van der Waals surface area contributed by atoms with Crippen molar-refractivity contribution in [1.82, 2.24) is 4.98 Å². The van der Waals surface area contributed by atoms with Gasteiger partial charge in [-0.05, 0) is 24.3 Å². The average Bonchev–Trinajstić information content (AvgIpc) is 3.09. The molecule has 0 unspecified atom stereocenters. The topological polar surface area (TPSA) is 17.2 Å². The molecule has 1 fully saturated rings.